The van der Waals surface area contributed by atoms with Crippen molar-refractivity contribution in [1.82, 2.24) is 9.84 Å². The van der Waals surface area contributed by atoms with E-state index in [1.807, 2.05) is 6.92 Å². The fourth-order valence-electron chi connectivity index (χ4n) is 0.542. The van der Waals surface area contributed by atoms with E-state index in [2.05, 4.69) is 4.83 Å². The lowest BCUT2D eigenvalue weighted by Gasteiger charge is -2.20. The number of carbonyl (C=O) groups excluding carboxylic acids is 1. The summed E-state index contributed by atoms with van der Waals surface area (Å²) in [5, 5.41) is 3.28. The van der Waals surface area contributed by atoms with Crippen molar-refractivity contribution in [2.75, 3.05) is 6.54 Å². The highest BCUT2D eigenvalue weighted by Gasteiger charge is 2.09. The molecule has 9 heavy (non-hydrogen) atoms. The predicted octanol–water partition coefficient (Wildman–Crippen LogP) is 0.515. The summed E-state index contributed by atoms with van der Waals surface area (Å²) in [6, 6.07) is 0. The molecule has 0 aromatic carbocycles. The first-order valence-corrected chi connectivity index (χ1v) is 3.62. The summed E-state index contributed by atoms with van der Waals surface area (Å²) in [6.07, 6.45) is 1.55. The molecule has 0 bridgehead atoms. The molecular weight excluding hydrogens is 136 g/mol. The molecule has 0 aromatic heterocycles. The molecule has 1 amide bonds. The molecular formula is C5H8N2OS. The van der Waals surface area contributed by atoms with Gasteiger partial charge in [0.05, 0.1) is 0 Å². The van der Waals surface area contributed by atoms with Gasteiger partial charge in [0.1, 0.15) is 0 Å². The van der Waals surface area contributed by atoms with Crippen molar-refractivity contribution in [3.05, 3.63) is 11.5 Å². The van der Waals surface area contributed by atoms with E-state index in [0.717, 1.165) is 0 Å². The summed E-state index contributed by atoms with van der Waals surface area (Å²) in [6.45, 7) is 2.63. The van der Waals surface area contributed by atoms with Gasteiger partial charge < -0.3 is 0 Å². The summed E-state index contributed by atoms with van der Waals surface area (Å²) >= 11 is 1.41. The number of nitrogens with zero attached hydrogens (tertiary/aromatic N) is 1. The van der Waals surface area contributed by atoms with Gasteiger partial charge in [-0.3, -0.25) is 9.80 Å². The molecule has 0 saturated carbocycles. The maximum absolute atomic E-state index is 10.8. The Kier molecular flexibility index (Phi) is 2.13. The fourth-order valence-corrected chi connectivity index (χ4v) is 1.13. The van der Waals surface area contributed by atoms with Gasteiger partial charge >= 0.3 is 0 Å². The van der Waals surface area contributed by atoms with Crippen LogP contribution >= 0.6 is 11.9 Å². The summed E-state index contributed by atoms with van der Waals surface area (Å²) in [5.41, 5.74) is 0. The second-order valence-electron chi connectivity index (χ2n) is 1.59. The molecule has 0 aromatic rings. The maximum Gasteiger partial charge on any atom is 0.261 e. The number of nitrogens with one attached hydrogen (secondary N) is 1. The molecule has 0 saturated heterocycles. The van der Waals surface area contributed by atoms with Gasteiger partial charge in [-0.05, 0) is 24.3 Å². The van der Waals surface area contributed by atoms with Crippen LogP contribution in [0.3, 0.4) is 0 Å². The van der Waals surface area contributed by atoms with E-state index in [9.17, 15) is 4.79 Å². The molecule has 0 fully saturated rings. The molecule has 1 aliphatic rings. The van der Waals surface area contributed by atoms with Crippen molar-refractivity contribution in [1.29, 1.82) is 0 Å². The van der Waals surface area contributed by atoms with Crippen LogP contribution in [0.15, 0.2) is 11.5 Å². The minimum absolute atomic E-state index is 0.0243. The lowest BCUT2D eigenvalue weighted by molar-refractivity contribution is -0.127. The van der Waals surface area contributed by atoms with Crippen molar-refractivity contribution in [3.63, 3.8) is 0 Å². The minimum atomic E-state index is 0.0243. The van der Waals surface area contributed by atoms with Gasteiger partial charge in [-0.1, -0.05) is 0 Å². The monoisotopic (exact) mass is 144 g/mol. The van der Waals surface area contributed by atoms with Crippen LogP contribution < -0.4 is 4.83 Å². The van der Waals surface area contributed by atoms with Crippen LogP contribution in [-0.2, 0) is 4.79 Å². The number of carbonyl (C=O) groups is 1. The fraction of sp³-hybridized carbons (Fsp3) is 0.400. The van der Waals surface area contributed by atoms with Gasteiger partial charge in [-0.15, -0.1) is 0 Å². The van der Waals surface area contributed by atoms with Crippen molar-refractivity contribution >= 4 is 17.9 Å². The van der Waals surface area contributed by atoms with E-state index >= 15 is 0 Å². The van der Waals surface area contributed by atoms with Gasteiger partial charge in [-0.2, -0.15) is 4.83 Å². The normalized spacial score (nSPS) is 18.8. The molecule has 1 aliphatic heterocycles. The number of likely N-dealkylation sites (N-methyl/N-ethyl adjacent to an activating group) is 1. The first-order valence-electron chi connectivity index (χ1n) is 2.74. The highest BCUT2D eigenvalue weighted by Crippen LogP contribution is 2.04. The van der Waals surface area contributed by atoms with E-state index in [1.54, 1.807) is 16.5 Å². The lowest BCUT2D eigenvalue weighted by atomic mass is 10.5. The summed E-state index contributed by atoms with van der Waals surface area (Å²) in [4.78, 5) is 13.6. The van der Waals surface area contributed by atoms with Crippen molar-refractivity contribution in [3.8, 4) is 0 Å². The number of hydrogen-bond donors (Lipinski definition) is 1. The quantitative estimate of drug-likeness (QED) is 0.544. The van der Waals surface area contributed by atoms with E-state index < -0.39 is 0 Å². The van der Waals surface area contributed by atoms with Gasteiger partial charge in [0.25, 0.3) is 5.91 Å². The number of amides is 1. The van der Waals surface area contributed by atoms with E-state index in [1.165, 1.54) is 11.9 Å². The Hall–Kier alpha value is -0.480. The minimum Gasteiger partial charge on any atom is -0.268 e. The maximum atomic E-state index is 10.8. The van der Waals surface area contributed by atoms with Crippen molar-refractivity contribution in [2.45, 2.75) is 6.92 Å². The smallest absolute Gasteiger partial charge is 0.261 e. The van der Waals surface area contributed by atoms with Gasteiger partial charge in [0.15, 0.2) is 0 Å². The molecule has 0 atom stereocenters. The number of hydrogen-bond acceptors (Lipinski definition) is 3. The average molecular weight is 144 g/mol. The number of hydrazine groups is 1. The van der Waals surface area contributed by atoms with E-state index in [-0.39, 0.29) is 5.91 Å². The molecule has 1 rings (SSSR count). The SMILES string of the molecule is CCN1NSC=CC1=O. The zero-order valence-corrected chi connectivity index (χ0v) is 5.94. The molecule has 1 heterocycles. The Morgan fingerprint density at radius 1 is 1.89 bits per heavy atom. The first kappa shape index (κ1) is 6.64. The molecule has 0 unspecified atom stereocenters. The predicted molar refractivity (Wildman–Crippen MR) is 37.3 cm³/mol. The zero-order chi connectivity index (χ0) is 6.69. The summed E-state index contributed by atoms with van der Waals surface area (Å²) in [7, 11) is 0. The Balaban J connectivity index is 2.55. The van der Waals surface area contributed by atoms with Crippen molar-refractivity contribution < 1.29 is 4.79 Å². The molecule has 50 valence electrons. The van der Waals surface area contributed by atoms with Crippen LogP contribution in [0.4, 0.5) is 0 Å². The topological polar surface area (TPSA) is 32.3 Å². The Bertz CT molecular complexity index is 146. The summed E-state index contributed by atoms with van der Waals surface area (Å²) in [5.74, 6) is 0.0243. The van der Waals surface area contributed by atoms with Gasteiger partial charge in [-0.25, -0.2) is 0 Å². The molecule has 4 heteroatoms. The number of rotatable bonds is 1. The largest absolute Gasteiger partial charge is 0.268 e. The van der Waals surface area contributed by atoms with Crippen LogP contribution in [0.25, 0.3) is 0 Å². The third-order valence-corrected chi connectivity index (χ3v) is 1.62. The van der Waals surface area contributed by atoms with E-state index in [4.69, 9.17) is 0 Å². The van der Waals surface area contributed by atoms with Crippen LogP contribution in [0, 0.1) is 0 Å². The lowest BCUT2D eigenvalue weighted by Crippen LogP contribution is -2.39. The first-order chi connectivity index (χ1) is 4.34. The van der Waals surface area contributed by atoms with Gasteiger partial charge in [0.2, 0.25) is 0 Å². The third-order valence-electron chi connectivity index (χ3n) is 1.02. The Morgan fingerprint density at radius 2 is 2.67 bits per heavy atom. The molecule has 0 radical (unpaired) electrons. The second-order valence-corrected chi connectivity index (χ2v) is 2.28. The Morgan fingerprint density at radius 3 is 3.11 bits per heavy atom. The van der Waals surface area contributed by atoms with Crippen molar-refractivity contribution in [2.24, 2.45) is 0 Å². The third kappa shape index (κ3) is 1.46. The standard InChI is InChI=1S/C5H8N2OS/c1-2-7-5(8)3-4-9-6-7/h3-4,6H,2H2,1H3. The van der Waals surface area contributed by atoms with Crippen LogP contribution in [0.1, 0.15) is 6.92 Å². The van der Waals surface area contributed by atoms with Crippen LogP contribution in [0.2, 0.25) is 0 Å². The zero-order valence-electron chi connectivity index (χ0n) is 5.13. The molecule has 1 N–H and O–H groups in total. The van der Waals surface area contributed by atoms with Crippen LogP contribution in [0.5, 0.6) is 0 Å². The second kappa shape index (κ2) is 2.89. The summed E-state index contributed by atoms with van der Waals surface area (Å²) < 4.78 is 0. The molecule has 0 spiro atoms. The Labute approximate surface area is 58.2 Å². The highest BCUT2D eigenvalue weighted by atomic mass is 32.2. The average Bonchev–Trinajstić information content (AvgIpc) is 1.89. The van der Waals surface area contributed by atoms with E-state index in [0.29, 0.717) is 6.54 Å². The molecule has 3 nitrogen and oxygen atoms in total. The van der Waals surface area contributed by atoms with Gasteiger partial charge in [0, 0.05) is 12.6 Å². The van der Waals surface area contributed by atoms with Crippen LogP contribution in [-0.4, -0.2) is 17.5 Å². The highest BCUT2D eigenvalue weighted by molar-refractivity contribution is 8.00. The molecule has 0 aliphatic carbocycles.